The summed E-state index contributed by atoms with van der Waals surface area (Å²) in [5, 5.41) is 9.13. The summed E-state index contributed by atoms with van der Waals surface area (Å²) in [7, 11) is 0. The summed E-state index contributed by atoms with van der Waals surface area (Å²) in [5.74, 6) is -1.34. The third-order valence-electron chi connectivity index (χ3n) is 2.25. The van der Waals surface area contributed by atoms with Crippen molar-refractivity contribution in [3.8, 4) is 0 Å². The van der Waals surface area contributed by atoms with Gasteiger partial charge in [-0.1, -0.05) is 25.4 Å². The van der Waals surface area contributed by atoms with Gasteiger partial charge in [-0.15, -0.1) is 0 Å². The molecule has 0 bridgehead atoms. The largest absolute Gasteiger partial charge is 0.481 e. The predicted molar refractivity (Wildman–Crippen MR) is 56.7 cm³/mol. The molecule has 0 aliphatic rings. The van der Waals surface area contributed by atoms with Gasteiger partial charge in [0.1, 0.15) is 5.82 Å². The Labute approximate surface area is 92.7 Å². The highest BCUT2D eigenvalue weighted by atomic mass is 35.5. The van der Waals surface area contributed by atoms with Gasteiger partial charge in [-0.2, -0.15) is 0 Å². The second kappa shape index (κ2) is 4.19. The van der Waals surface area contributed by atoms with E-state index in [-0.39, 0.29) is 6.42 Å². The lowest BCUT2D eigenvalue weighted by atomic mass is 9.81. The molecule has 0 heterocycles. The first-order valence-electron chi connectivity index (χ1n) is 4.50. The van der Waals surface area contributed by atoms with Crippen LogP contribution in [0.3, 0.4) is 0 Å². The minimum absolute atomic E-state index is 0.0871. The number of carboxylic acid groups (broad SMARTS) is 1. The standard InChI is InChI=1S/C11H12ClFO2/c1-11(2,6-10(14)15)8-5-7(13)3-4-9(8)12/h3-5H,6H2,1-2H3,(H,14,15). The Morgan fingerprint density at radius 2 is 2.13 bits per heavy atom. The number of benzene rings is 1. The number of carbonyl (C=O) groups is 1. The van der Waals surface area contributed by atoms with E-state index in [1.54, 1.807) is 13.8 Å². The van der Waals surface area contributed by atoms with Crippen LogP contribution in [-0.2, 0) is 10.2 Å². The Morgan fingerprint density at radius 3 is 2.67 bits per heavy atom. The van der Waals surface area contributed by atoms with Crippen molar-refractivity contribution >= 4 is 17.6 Å². The van der Waals surface area contributed by atoms with Crippen LogP contribution in [0, 0.1) is 5.82 Å². The molecule has 0 aliphatic carbocycles. The second-order valence-corrected chi connectivity index (χ2v) is 4.49. The maximum Gasteiger partial charge on any atom is 0.304 e. The van der Waals surface area contributed by atoms with E-state index in [4.69, 9.17) is 16.7 Å². The number of aliphatic carboxylic acids is 1. The van der Waals surface area contributed by atoms with Crippen molar-refractivity contribution in [1.29, 1.82) is 0 Å². The molecule has 0 saturated carbocycles. The molecule has 4 heteroatoms. The molecule has 0 unspecified atom stereocenters. The zero-order chi connectivity index (χ0) is 11.6. The summed E-state index contributed by atoms with van der Waals surface area (Å²) >= 11 is 5.90. The number of rotatable bonds is 3. The van der Waals surface area contributed by atoms with E-state index in [2.05, 4.69) is 0 Å². The quantitative estimate of drug-likeness (QED) is 0.866. The molecule has 1 aromatic carbocycles. The highest BCUT2D eigenvalue weighted by molar-refractivity contribution is 6.31. The van der Waals surface area contributed by atoms with Gasteiger partial charge in [-0.25, -0.2) is 4.39 Å². The third-order valence-corrected chi connectivity index (χ3v) is 2.58. The molecule has 82 valence electrons. The fraction of sp³-hybridized carbons (Fsp3) is 0.364. The van der Waals surface area contributed by atoms with Crippen LogP contribution in [-0.4, -0.2) is 11.1 Å². The van der Waals surface area contributed by atoms with Crippen LogP contribution in [0.2, 0.25) is 5.02 Å². The highest BCUT2D eigenvalue weighted by Crippen LogP contribution is 2.33. The van der Waals surface area contributed by atoms with Crippen LogP contribution in [0.15, 0.2) is 18.2 Å². The fourth-order valence-corrected chi connectivity index (χ4v) is 1.86. The summed E-state index contributed by atoms with van der Waals surface area (Å²) in [4.78, 5) is 10.6. The first-order chi connectivity index (χ1) is 6.83. The zero-order valence-corrected chi connectivity index (χ0v) is 9.31. The van der Waals surface area contributed by atoms with E-state index in [1.165, 1.54) is 18.2 Å². The summed E-state index contributed by atoms with van der Waals surface area (Å²) < 4.78 is 13.0. The van der Waals surface area contributed by atoms with Gasteiger partial charge in [-0.3, -0.25) is 4.79 Å². The van der Waals surface area contributed by atoms with E-state index in [0.717, 1.165) is 0 Å². The van der Waals surface area contributed by atoms with Crippen LogP contribution in [0.5, 0.6) is 0 Å². The molecule has 0 amide bonds. The molecule has 15 heavy (non-hydrogen) atoms. The van der Waals surface area contributed by atoms with Crippen LogP contribution < -0.4 is 0 Å². The molecular formula is C11H12ClFO2. The van der Waals surface area contributed by atoms with Crippen LogP contribution >= 0.6 is 11.6 Å². The first kappa shape index (κ1) is 12.0. The van der Waals surface area contributed by atoms with Crippen molar-refractivity contribution in [3.05, 3.63) is 34.6 Å². The summed E-state index contributed by atoms with van der Waals surface area (Å²) in [6.45, 7) is 3.45. The molecule has 0 aromatic heterocycles. The minimum Gasteiger partial charge on any atom is -0.481 e. The Bertz CT molecular complexity index is 388. The van der Waals surface area contributed by atoms with E-state index >= 15 is 0 Å². The van der Waals surface area contributed by atoms with Gasteiger partial charge in [0.2, 0.25) is 0 Å². The monoisotopic (exact) mass is 230 g/mol. The number of halogens is 2. The lowest BCUT2D eigenvalue weighted by Gasteiger charge is -2.24. The van der Waals surface area contributed by atoms with Gasteiger partial charge >= 0.3 is 5.97 Å². The average Bonchev–Trinajstić information content (AvgIpc) is 2.06. The SMILES string of the molecule is CC(C)(CC(=O)O)c1cc(F)ccc1Cl. The maximum atomic E-state index is 13.0. The number of hydrogen-bond acceptors (Lipinski definition) is 1. The van der Waals surface area contributed by atoms with Crippen LogP contribution in [0.4, 0.5) is 4.39 Å². The van der Waals surface area contributed by atoms with Crippen LogP contribution in [0.1, 0.15) is 25.8 Å². The smallest absolute Gasteiger partial charge is 0.304 e. The average molecular weight is 231 g/mol. The molecule has 2 nitrogen and oxygen atoms in total. The maximum absolute atomic E-state index is 13.0. The molecule has 0 saturated heterocycles. The van der Waals surface area contributed by atoms with Gasteiger partial charge in [-0.05, 0) is 23.8 Å². The van der Waals surface area contributed by atoms with Crippen molar-refractivity contribution < 1.29 is 14.3 Å². The van der Waals surface area contributed by atoms with Gasteiger partial charge in [0.25, 0.3) is 0 Å². The number of carboxylic acids is 1. The molecular weight excluding hydrogens is 219 g/mol. The zero-order valence-electron chi connectivity index (χ0n) is 8.55. The molecule has 1 aromatic rings. The van der Waals surface area contributed by atoms with Gasteiger partial charge < -0.3 is 5.11 Å². The highest BCUT2D eigenvalue weighted by Gasteiger charge is 2.26. The van der Waals surface area contributed by atoms with E-state index < -0.39 is 17.2 Å². The molecule has 1 rings (SSSR count). The first-order valence-corrected chi connectivity index (χ1v) is 4.88. The fourth-order valence-electron chi connectivity index (χ4n) is 1.49. The van der Waals surface area contributed by atoms with Gasteiger partial charge in [0.15, 0.2) is 0 Å². The van der Waals surface area contributed by atoms with Crippen molar-refractivity contribution in [3.63, 3.8) is 0 Å². The van der Waals surface area contributed by atoms with Crippen LogP contribution in [0.25, 0.3) is 0 Å². The molecule has 0 fully saturated rings. The second-order valence-electron chi connectivity index (χ2n) is 4.08. The van der Waals surface area contributed by atoms with E-state index in [1.807, 2.05) is 0 Å². The molecule has 0 aliphatic heterocycles. The Morgan fingerprint density at radius 1 is 1.53 bits per heavy atom. The Balaban J connectivity index is 3.13. The Kier molecular flexibility index (Phi) is 3.35. The van der Waals surface area contributed by atoms with Crippen molar-refractivity contribution in [2.45, 2.75) is 25.7 Å². The van der Waals surface area contributed by atoms with Gasteiger partial charge in [0.05, 0.1) is 6.42 Å². The molecule has 1 N–H and O–H groups in total. The Hall–Kier alpha value is -1.09. The normalized spacial score (nSPS) is 11.5. The van der Waals surface area contributed by atoms with Crippen molar-refractivity contribution in [2.75, 3.05) is 0 Å². The summed E-state index contributed by atoms with van der Waals surface area (Å²) in [6, 6.07) is 3.98. The lowest BCUT2D eigenvalue weighted by molar-refractivity contribution is -0.138. The third kappa shape index (κ3) is 2.93. The van der Waals surface area contributed by atoms with Crippen molar-refractivity contribution in [2.24, 2.45) is 0 Å². The van der Waals surface area contributed by atoms with Crippen molar-refractivity contribution in [1.82, 2.24) is 0 Å². The van der Waals surface area contributed by atoms with E-state index in [0.29, 0.717) is 10.6 Å². The molecule has 0 radical (unpaired) electrons. The number of hydrogen-bond donors (Lipinski definition) is 1. The van der Waals surface area contributed by atoms with Gasteiger partial charge in [0, 0.05) is 10.4 Å². The molecule has 0 atom stereocenters. The summed E-state index contributed by atoms with van der Waals surface area (Å²) in [6.07, 6.45) is -0.0871. The lowest BCUT2D eigenvalue weighted by Crippen LogP contribution is -2.22. The van der Waals surface area contributed by atoms with E-state index in [9.17, 15) is 9.18 Å². The summed E-state index contributed by atoms with van der Waals surface area (Å²) in [5.41, 5.74) is -0.156. The molecule has 0 spiro atoms. The topological polar surface area (TPSA) is 37.3 Å². The predicted octanol–water partition coefficient (Wildman–Crippen LogP) is 3.23. The minimum atomic E-state index is -0.930.